The van der Waals surface area contributed by atoms with Crippen LogP contribution in [-0.2, 0) is 19.4 Å². The lowest BCUT2D eigenvalue weighted by Gasteiger charge is -2.11. The van der Waals surface area contributed by atoms with Crippen LogP contribution < -0.4 is 15.4 Å². The van der Waals surface area contributed by atoms with Crippen LogP contribution in [0.5, 0.6) is 5.75 Å². The van der Waals surface area contributed by atoms with Gasteiger partial charge in [0.15, 0.2) is 9.84 Å². The summed E-state index contributed by atoms with van der Waals surface area (Å²) in [5.41, 5.74) is 1.06. The summed E-state index contributed by atoms with van der Waals surface area (Å²) in [4.78, 5) is 25.0. The van der Waals surface area contributed by atoms with Crippen LogP contribution in [0.3, 0.4) is 0 Å². The Kier molecular flexibility index (Phi) is 6.49. The minimum absolute atomic E-state index is 0.0870. The van der Waals surface area contributed by atoms with Crippen molar-refractivity contribution in [3.63, 3.8) is 0 Å². The van der Waals surface area contributed by atoms with Crippen molar-refractivity contribution in [2.45, 2.75) is 34.8 Å². The highest BCUT2D eigenvalue weighted by molar-refractivity contribution is 8.00. The van der Waals surface area contributed by atoms with Crippen molar-refractivity contribution in [2.75, 3.05) is 23.5 Å². The molecule has 1 aliphatic heterocycles. The molecule has 0 fully saturated rings. The molecule has 1 aliphatic rings. The van der Waals surface area contributed by atoms with Crippen molar-refractivity contribution in [3.8, 4) is 5.75 Å². The number of fused-ring (bicyclic) bond motifs is 1. The summed E-state index contributed by atoms with van der Waals surface area (Å²) in [6.45, 7) is 1.95. The molecule has 0 saturated heterocycles. The van der Waals surface area contributed by atoms with Gasteiger partial charge in [0.05, 0.1) is 23.4 Å². The maximum absolute atomic E-state index is 12.7. The first-order valence-corrected chi connectivity index (χ1v) is 11.6. The second-order valence-corrected chi connectivity index (χ2v) is 10.3. The van der Waals surface area contributed by atoms with Crippen LogP contribution in [0.4, 0.5) is 11.4 Å². The minimum atomic E-state index is -3.68. The predicted octanol–water partition coefficient (Wildman–Crippen LogP) is 3.32. The third-order valence-electron chi connectivity index (χ3n) is 4.36. The summed E-state index contributed by atoms with van der Waals surface area (Å²) in [5, 5.41) is 5.54. The predicted molar refractivity (Wildman–Crippen MR) is 113 cm³/mol. The number of hydrogen-bond acceptors (Lipinski definition) is 6. The molecule has 7 nitrogen and oxygen atoms in total. The van der Waals surface area contributed by atoms with E-state index in [9.17, 15) is 18.0 Å². The number of rotatable bonds is 6. The fourth-order valence-corrected chi connectivity index (χ4v) is 5.18. The van der Waals surface area contributed by atoms with Gasteiger partial charge >= 0.3 is 0 Å². The molecule has 2 amide bonds. The molecule has 3 rings (SSSR count). The standard InChI is InChI=1S/C20H22N2O5S2/c1-13-11-20(24)22-17-12-16(7-8-18(17)28-13)29(25,26)10-9-19(23)21-14-3-5-15(27-2)6-4-14/h3-8,12-13H,9-11H2,1-2H3,(H,21,23)(H,22,24)/t13-/m1/s1. The number of thioether (sulfide) groups is 1. The molecule has 2 N–H and O–H groups in total. The summed E-state index contributed by atoms with van der Waals surface area (Å²) in [6, 6.07) is 11.5. The lowest BCUT2D eigenvalue weighted by Crippen LogP contribution is -2.18. The number of hydrogen-bond donors (Lipinski definition) is 2. The Hall–Kier alpha value is -2.52. The Bertz CT molecular complexity index is 1020. The largest absolute Gasteiger partial charge is 0.497 e. The number of nitrogens with one attached hydrogen (secondary N) is 2. The molecule has 0 aromatic heterocycles. The second kappa shape index (κ2) is 8.87. The SMILES string of the molecule is COc1ccc(NC(=O)CCS(=O)(=O)c2ccc3c(c2)NC(=O)C[C@@H](C)S3)cc1. The van der Waals surface area contributed by atoms with E-state index >= 15 is 0 Å². The lowest BCUT2D eigenvalue weighted by molar-refractivity contribution is -0.116. The number of amides is 2. The third-order valence-corrected chi connectivity index (χ3v) is 7.25. The van der Waals surface area contributed by atoms with Gasteiger partial charge in [0.25, 0.3) is 0 Å². The maximum atomic E-state index is 12.7. The van der Waals surface area contributed by atoms with Crippen molar-refractivity contribution >= 4 is 44.8 Å². The zero-order valence-electron chi connectivity index (χ0n) is 16.1. The van der Waals surface area contributed by atoms with Crippen molar-refractivity contribution in [1.82, 2.24) is 0 Å². The Morgan fingerprint density at radius 1 is 1.24 bits per heavy atom. The van der Waals surface area contributed by atoms with Crippen molar-refractivity contribution < 1.29 is 22.7 Å². The molecular weight excluding hydrogens is 412 g/mol. The molecule has 1 atom stereocenters. The first kappa shape index (κ1) is 21.2. The number of carbonyl (C=O) groups is 2. The van der Waals surface area contributed by atoms with Gasteiger partial charge in [0, 0.05) is 28.7 Å². The van der Waals surface area contributed by atoms with Gasteiger partial charge in [-0.15, -0.1) is 11.8 Å². The van der Waals surface area contributed by atoms with Gasteiger partial charge < -0.3 is 15.4 Å². The fraction of sp³-hybridized carbons (Fsp3) is 0.300. The van der Waals surface area contributed by atoms with Crippen LogP contribution in [0.15, 0.2) is 52.3 Å². The quantitative estimate of drug-likeness (QED) is 0.723. The Balaban J connectivity index is 1.66. The summed E-state index contributed by atoms with van der Waals surface area (Å²) < 4.78 is 30.4. The molecule has 154 valence electrons. The molecule has 2 aromatic rings. The lowest BCUT2D eigenvalue weighted by atomic mass is 10.3. The van der Waals surface area contributed by atoms with Gasteiger partial charge in [-0.25, -0.2) is 8.42 Å². The van der Waals surface area contributed by atoms with Crippen molar-refractivity contribution in [2.24, 2.45) is 0 Å². The van der Waals surface area contributed by atoms with E-state index in [-0.39, 0.29) is 28.2 Å². The van der Waals surface area contributed by atoms with Crippen LogP contribution in [0.1, 0.15) is 19.8 Å². The van der Waals surface area contributed by atoms with Gasteiger partial charge in [-0.2, -0.15) is 0 Å². The highest BCUT2D eigenvalue weighted by Crippen LogP contribution is 2.36. The molecule has 2 aromatic carbocycles. The van der Waals surface area contributed by atoms with Gasteiger partial charge in [-0.3, -0.25) is 9.59 Å². The zero-order chi connectivity index (χ0) is 21.0. The van der Waals surface area contributed by atoms with E-state index in [1.165, 1.54) is 23.9 Å². The monoisotopic (exact) mass is 434 g/mol. The number of anilines is 2. The summed E-state index contributed by atoms with van der Waals surface area (Å²) >= 11 is 1.53. The summed E-state index contributed by atoms with van der Waals surface area (Å²) in [5.74, 6) is -0.206. The average Bonchev–Trinajstić information content (AvgIpc) is 2.82. The highest BCUT2D eigenvalue weighted by Gasteiger charge is 2.23. The van der Waals surface area contributed by atoms with E-state index in [2.05, 4.69) is 10.6 Å². The molecule has 0 aliphatic carbocycles. The Labute approximate surface area is 174 Å². The fourth-order valence-electron chi connectivity index (χ4n) is 2.87. The molecule has 9 heteroatoms. The van der Waals surface area contributed by atoms with Gasteiger partial charge in [0.2, 0.25) is 11.8 Å². The minimum Gasteiger partial charge on any atom is -0.497 e. The molecule has 0 bridgehead atoms. The number of benzene rings is 2. The first-order valence-electron chi connectivity index (χ1n) is 9.04. The normalized spacial score (nSPS) is 16.3. The van der Waals surface area contributed by atoms with Crippen LogP contribution in [-0.4, -0.2) is 38.3 Å². The van der Waals surface area contributed by atoms with Crippen LogP contribution >= 0.6 is 11.8 Å². The number of methoxy groups -OCH3 is 1. The topological polar surface area (TPSA) is 102 Å². The van der Waals surface area contributed by atoms with E-state index in [1.54, 1.807) is 37.4 Å². The van der Waals surface area contributed by atoms with Crippen LogP contribution in [0.2, 0.25) is 0 Å². The maximum Gasteiger partial charge on any atom is 0.225 e. The first-order chi connectivity index (χ1) is 13.8. The van der Waals surface area contributed by atoms with Crippen LogP contribution in [0, 0.1) is 0 Å². The van der Waals surface area contributed by atoms with Gasteiger partial charge in [-0.05, 0) is 42.5 Å². The smallest absolute Gasteiger partial charge is 0.225 e. The van der Waals surface area contributed by atoms with E-state index in [0.29, 0.717) is 23.5 Å². The molecule has 1 heterocycles. The van der Waals surface area contributed by atoms with Crippen molar-refractivity contribution in [1.29, 1.82) is 0 Å². The second-order valence-electron chi connectivity index (χ2n) is 6.68. The van der Waals surface area contributed by atoms with Crippen molar-refractivity contribution in [3.05, 3.63) is 42.5 Å². The van der Waals surface area contributed by atoms with Crippen LogP contribution in [0.25, 0.3) is 0 Å². The Morgan fingerprint density at radius 3 is 2.66 bits per heavy atom. The zero-order valence-corrected chi connectivity index (χ0v) is 17.7. The molecule has 0 radical (unpaired) electrons. The molecule has 0 saturated carbocycles. The Morgan fingerprint density at radius 2 is 1.97 bits per heavy atom. The summed E-state index contributed by atoms with van der Waals surface area (Å²) in [7, 11) is -2.13. The molecule has 0 spiro atoms. The van der Waals surface area contributed by atoms with E-state index in [4.69, 9.17) is 4.74 Å². The average molecular weight is 435 g/mol. The third kappa shape index (κ3) is 5.51. The van der Waals surface area contributed by atoms with Gasteiger partial charge in [0.1, 0.15) is 5.75 Å². The molecular formula is C20H22N2O5S2. The van der Waals surface area contributed by atoms with E-state index < -0.39 is 15.7 Å². The number of ether oxygens (including phenoxy) is 1. The van der Waals surface area contributed by atoms with E-state index in [0.717, 1.165) is 4.90 Å². The van der Waals surface area contributed by atoms with E-state index in [1.807, 2.05) is 6.92 Å². The highest BCUT2D eigenvalue weighted by atomic mass is 32.2. The summed E-state index contributed by atoms with van der Waals surface area (Å²) in [6.07, 6.45) is 0.191. The number of sulfone groups is 1. The molecule has 0 unspecified atom stereocenters. The van der Waals surface area contributed by atoms with Gasteiger partial charge in [-0.1, -0.05) is 6.92 Å². The molecule has 29 heavy (non-hydrogen) atoms. The number of carbonyl (C=O) groups excluding carboxylic acids is 2.